The highest BCUT2D eigenvalue weighted by Gasteiger charge is 2.45. The monoisotopic (exact) mass is 843 g/mol. The average molecular weight is 844 g/mol. The molecule has 0 saturated heterocycles. The third-order valence-electron chi connectivity index (χ3n) is 13.7. The maximum Gasteiger partial charge on any atom is 0.0713 e. The van der Waals surface area contributed by atoms with Crippen molar-refractivity contribution in [3.63, 3.8) is 0 Å². The van der Waals surface area contributed by atoms with Crippen LogP contribution < -0.4 is 4.90 Å². The minimum atomic E-state index is -0.461. The third kappa shape index (κ3) is 5.92. The SMILES string of the molecule is c1ccc(C2(c3ccc(N(c4ccc(-c5ccc6sc7ccccc7c6c5)cc4)c4ccc(-c5c6ccccc6cc6ccccc56)cc4)cc3)c3ccccc3-c3ccccc32)cc1. The number of rotatable bonds is 7. The highest BCUT2D eigenvalue weighted by atomic mass is 32.1. The van der Waals surface area contributed by atoms with E-state index in [1.54, 1.807) is 0 Å². The van der Waals surface area contributed by atoms with E-state index in [1.807, 2.05) is 11.3 Å². The lowest BCUT2D eigenvalue weighted by Crippen LogP contribution is -2.28. The van der Waals surface area contributed by atoms with Crippen molar-refractivity contribution in [3.8, 4) is 33.4 Å². The minimum absolute atomic E-state index is 0.461. The van der Waals surface area contributed by atoms with Gasteiger partial charge in [-0.05, 0) is 138 Å². The van der Waals surface area contributed by atoms with Crippen LogP contribution in [-0.4, -0.2) is 0 Å². The Bertz CT molecular complexity index is 3650. The Hall–Kier alpha value is -8.04. The summed E-state index contributed by atoms with van der Waals surface area (Å²) in [5.41, 5.74) is 15.5. The zero-order valence-corrected chi connectivity index (χ0v) is 36.3. The number of benzene rings is 11. The van der Waals surface area contributed by atoms with Gasteiger partial charge in [0.2, 0.25) is 0 Å². The first-order valence-corrected chi connectivity index (χ1v) is 23.2. The molecule has 0 amide bonds. The summed E-state index contributed by atoms with van der Waals surface area (Å²) in [6.07, 6.45) is 0. The number of thiophene rings is 1. The number of fused-ring (bicyclic) bond motifs is 8. The molecule has 0 saturated carbocycles. The molecule has 12 aromatic rings. The molecule has 0 atom stereocenters. The molecule has 0 unspecified atom stereocenters. The first kappa shape index (κ1) is 37.5. The van der Waals surface area contributed by atoms with Gasteiger partial charge in [-0.2, -0.15) is 0 Å². The van der Waals surface area contributed by atoms with Crippen molar-refractivity contribution in [2.45, 2.75) is 5.41 Å². The predicted octanol–water partition coefficient (Wildman–Crippen LogP) is 17.5. The fraction of sp³-hybridized carbons (Fsp3) is 0.0159. The van der Waals surface area contributed by atoms with Crippen molar-refractivity contribution >= 4 is 70.1 Å². The van der Waals surface area contributed by atoms with E-state index >= 15 is 0 Å². The number of hydrogen-bond donors (Lipinski definition) is 0. The van der Waals surface area contributed by atoms with Gasteiger partial charge in [0.05, 0.1) is 5.41 Å². The van der Waals surface area contributed by atoms with Gasteiger partial charge < -0.3 is 4.90 Å². The Morgan fingerprint density at radius 3 is 1.40 bits per heavy atom. The Labute approximate surface area is 382 Å². The van der Waals surface area contributed by atoms with Crippen LogP contribution in [0.1, 0.15) is 22.3 Å². The van der Waals surface area contributed by atoms with Crippen LogP contribution in [0.5, 0.6) is 0 Å². The molecule has 1 aliphatic carbocycles. The second-order valence-corrected chi connectivity index (χ2v) is 18.3. The molecule has 65 heavy (non-hydrogen) atoms. The maximum absolute atomic E-state index is 2.40. The summed E-state index contributed by atoms with van der Waals surface area (Å²) in [6, 6.07) is 92.1. The molecule has 1 heterocycles. The lowest BCUT2D eigenvalue weighted by molar-refractivity contribution is 0.768. The van der Waals surface area contributed by atoms with Gasteiger partial charge in [0, 0.05) is 37.2 Å². The first-order chi connectivity index (χ1) is 32.2. The number of nitrogens with zero attached hydrogens (tertiary/aromatic N) is 1. The molecule has 1 nitrogen and oxygen atoms in total. The molecule has 0 bridgehead atoms. The van der Waals surface area contributed by atoms with Crippen LogP contribution in [0.4, 0.5) is 17.1 Å². The molecular formula is C63H41NS. The van der Waals surface area contributed by atoms with Gasteiger partial charge in [0.15, 0.2) is 0 Å². The quantitative estimate of drug-likeness (QED) is 0.145. The molecule has 2 heteroatoms. The topological polar surface area (TPSA) is 3.24 Å². The van der Waals surface area contributed by atoms with Gasteiger partial charge in [-0.1, -0.05) is 188 Å². The van der Waals surface area contributed by atoms with E-state index in [-0.39, 0.29) is 0 Å². The summed E-state index contributed by atoms with van der Waals surface area (Å²) in [6.45, 7) is 0. The minimum Gasteiger partial charge on any atom is -0.311 e. The molecule has 11 aromatic carbocycles. The van der Waals surface area contributed by atoms with Gasteiger partial charge >= 0.3 is 0 Å². The summed E-state index contributed by atoms with van der Waals surface area (Å²) in [5.74, 6) is 0. The second-order valence-electron chi connectivity index (χ2n) is 17.2. The van der Waals surface area contributed by atoms with Crippen LogP contribution in [-0.2, 0) is 5.41 Å². The van der Waals surface area contributed by atoms with Gasteiger partial charge in [0.1, 0.15) is 0 Å². The van der Waals surface area contributed by atoms with Crippen LogP contribution >= 0.6 is 11.3 Å². The van der Waals surface area contributed by atoms with Gasteiger partial charge in [-0.3, -0.25) is 0 Å². The summed E-state index contributed by atoms with van der Waals surface area (Å²) in [4.78, 5) is 2.40. The van der Waals surface area contributed by atoms with Crippen molar-refractivity contribution in [1.29, 1.82) is 0 Å². The lowest BCUT2D eigenvalue weighted by Gasteiger charge is -2.34. The van der Waals surface area contributed by atoms with Crippen LogP contribution in [0.25, 0.3) is 75.1 Å². The zero-order chi connectivity index (χ0) is 42.9. The van der Waals surface area contributed by atoms with E-state index in [0.29, 0.717) is 0 Å². The number of anilines is 3. The highest BCUT2D eigenvalue weighted by Crippen LogP contribution is 2.56. The molecule has 13 rings (SSSR count). The van der Waals surface area contributed by atoms with E-state index in [9.17, 15) is 0 Å². The molecule has 1 aromatic heterocycles. The summed E-state index contributed by atoms with van der Waals surface area (Å²) < 4.78 is 2.65. The Morgan fingerprint density at radius 1 is 0.308 bits per heavy atom. The van der Waals surface area contributed by atoms with Crippen LogP contribution in [0.15, 0.2) is 249 Å². The van der Waals surface area contributed by atoms with Gasteiger partial charge in [-0.15, -0.1) is 11.3 Å². The smallest absolute Gasteiger partial charge is 0.0713 e. The van der Waals surface area contributed by atoms with Crippen LogP contribution in [0.3, 0.4) is 0 Å². The fourth-order valence-electron chi connectivity index (χ4n) is 10.8. The molecule has 0 fully saturated rings. The van der Waals surface area contributed by atoms with E-state index in [0.717, 1.165) is 17.1 Å². The Kier molecular flexibility index (Phi) is 8.69. The second kappa shape index (κ2) is 15.1. The van der Waals surface area contributed by atoms with E-state index in [1.165, 1.54) is 97.4 Å². The summed E-state index contributed by atoms with van der Waals surface area (Å²) in [5, 5.41) is 7.65. The lowest BCUT2D eigenvalue weighted by atomic mass is 9.68. The van der Waals surface area contributed by atoms with Crippen molar-refractivity contribution < 1.29 is 0 Å². The zero-order valence-electron chi connectivity index (χ0n) is 35.5. The fourth-order valence-corrected chi connectivity index (χ4v) is 11.9. The third-order valence-corrected chi connectivity index (χ3v) is 14.9. The van der Waals surface area contributed by atoms with E-state index < -0.39 is 5.41 Å². The molecule has 0 N–H and O–H groups in total. The van der Waals surface area contributed by atoms with E-state index in [2.05, 4.69) is 254 Å². The molecule has 0 spiro atoms. The van der Waals surface area contributed by atoms with Crippen LogP contribution in [0.2, 0.25) is 0 Å². The molecule has 1 aliphatic rings. The highest BCUT2D eigenvalue weighted by molar-refractivity contribution is 7.25. The van der Waals surface area contributed by atoms with Gasteiger partial charge in [0.25, 0.3) is 0 Å². The van der Waals surface area contributed by atoms with E-state index in [4.69, 9.17) is 0 Å². The first-order valence-electron chi connectivity index (χ1n) is 22.4. The predicted molar refractivity (Wildman–Crippen MR) is 277 cm³/mol. The van der Waals surface area contributed by atoms with Crippen molar-refractivity contribution in [2.75, 3.05) is 4.90 Å². The normalized spacial score (nSPS) is 12.7. The molecule has 0 radical (unpaired) electrons. The van der Waals surface area contributed by atoms with Crippen molar-refractivity contribution in [3.05, 3.63) is 271 Å². The molecule has 0 aliphatic heterocycles. The Morgan fingerprint density at radius 2 is 0.769 bits per heavy atom. The molecular weight excluding hydrogens is 803 g/mol. The van der Waals surface area contributed by atoms with Gasteiger partial charge in [-0.25, -0.2) is 0 Å². The Balaban J connectivity index is 0.954. The number of hydrogen-bond acceptors (Lipinski definition) is 2. The average Bonchev–Trinajstić information content (AvgIpc) is 3.90. The van der Waals surface area contributed by atoms with Crippen molar-refractivity contribution in [1.82, 2.24) is 0 Å². The van der Waals surface area contributed by atoms with Crippen LogP contribution in [0, 0.1) is 0 Å². The largest absolute Gasteiger partial charge is 0.311 e. The molecule has 304 valence electrons. The standard InChI is InChI=1S/C63H41NS/c1-2-16-47(17-3-1)63(58-23-11-8-20-54(58)55-21-9-12-24-59(55)63)48-31-37-51(38-32-48)64(49-33-26-42(27-34-49)44-30-39-61-57(41-44)56-22-10-13-25-60(56)65-61)50-35-28-43(29-36-50)62-52-18-6-4-14-45(52)40-46-15-5-7-19-53(46)62/h1-41H. The summed E-state index contributed by atoms with van der Waals surface area (Å²) >= 11 is 1.86. The summed E-state index contributed by atoms with van der Waals surface area (Å²) in [7, 11) is 0. The maximum atomic E-state index is 2.40. The van der Waals surface area contributed by atoms with Crippen molar-refractivity contribution in [2.24, 2.45) is 0 Å².